The molecule has 24 heavy (non-hydrogen) atoms. The van der Waals surface area contributed by atoms with Crippen molar-refractivity contribution in [2.45, 2.75) is 40.2 Å². The van der Waals surface area contributed by atoms with Gasteiger partial charge in [0.2, 0.25) is 0 Å². The van der Waals surface area contributed by atoms with Crippen LogP contribution in [0.3, 0.4) is 0 Å². The van der Waals surface area contributed by atoms with Gasteiger partial charge in [0.05, 0.1) is 12.2 Å². The first-order valence-corrected chi connectivity index (χ1v) is 8.42. The standard InChI is InChI=1S/C18H25N5O/c1-4-10-23(11-5-2)18(24)16-12-17(22-14(3)21-16)20-13-15-8-6-7-9-19-15/h6-9,12H,4-5,10-11,13H2,1-3H3,(H,20,21,22). The number of hydrogen-bond donors (Lipinski definition) is 1. The number of nitrogens with one attached hydrogen (secondary N) is 1. The lowest BCUT2D eigenvalue weighted by Crippen LogP contribution is -2.33. The van der Waals surface area contributed by atoms with Crippen molar-refractivity contribution in [1.29, 1.82) is 0 Å². The molecule has 1 amide bonds. The van der Waals surface area contributed by atoms with Gasteiger partial charge < -0.3 is 10.2 Å². The van der Waals surface area contributed by atoms with E-state index in [2.05, 4.69) is 34.1 Å². The van der Waals surface area contributed by atoms with E-state index in [1.54, 1.807) is 19.2 Å². The van der Waals surface area contributed by atoms with Crippen LogP contribution in [-0.4, -0.2) is 38.8 Å². The number of carbonyl (C=O) groups is 1. The second kappa shape index (κ2) is 8.96. The SMILES string of the molecule is CCCN(CCC)C(=O)c1cc(NCc2ccccn2)nc(C)n1. The second-order valence-electron chi connectivity index (χ2n) is 5.65. The molecule has 0 atom stereocenters. The van der Waals surface area contributed by atoms with E-state index in [0.717, 1.165) is 31.6 Å². The maximum absolute atomic E-state index is 12.7. The molecule has 0 bridgehead atoms. The Bertz CT molecular complexity index is 654. The van der Waals surface area contributed by atoms with E-state index >= 15 is 0 Å². The summed E-state index contributed by atoms with van der Waals surface area (Å²) in [4.78, 5) is 27.5. The Morgan fingerprint density at radius 3 is 2.54 bits per heavy atom. The van der Waals surface area contributed by atoms with Crippen LogP contribution in [0.1, 0.15) is 48.7 Å². The minimum atomic E-state index is -0.0370. The van der Waals surface area contributed by atoms with Gasteiger partial charge >= 0.3 is 0 Å². The third-order valence-corrected chi connectivity index (χ3v) is 3.51. The van der Waals surface area contributed by atoms with E-state index in [1.165, 1.54) is 0 Å². The van der Waals surface area contributed by atoms with Gasteiger partial charge in [-0.2, -0.15) is 0 Å². The summed E-state index contributed by atoms with van der Waals surface area (Å²) < 4.78 is 0. The quantitative estimate of drug-likeness (QED) is 0.807. The van der Waals surface area contributed by atoms with E-state index in [1.807, 2.05) is 23.1 Å². The monoisotopic (exact) mass is 327 g/mol. The predicted octanol–water partition coefficient (Wildman–Crippen LogP) is 3.05. The predicted molar refractivity (Wildman–Crippen MR) is 94.8 cm³/mol. The molecule has 0 fully saturated rings. The second-order valence-corrected chi connectivity index (χ2v) is 5.65. The highest BCUT2D eigenvalue weighted by Crippen LogP contribution is 2.11. The molecule has 0 aliphatic rings. The molecule has 6 heteroatoms. The maximum Gasteiger partial charge on any atom is 0.272 e. The Balaban J connectivity index is 2.13. The van der Waals surface area contributed by atoms with E-state index in [-0.39, 0.29) is 5.91 Å². The number of rotatable bonds is 8. The lowest BCUT2D eigenvalue weighted by atomic mass is 10.2. The largest absolute Gasteiger partial charge is 0.364 e. The summed E-state index contributed by atoms with van der Waals surface area (Å²) in [5, 5.41) is 3.22. The molecule has 0 aliphatic carbocycles. The van der Waals surface area contributed by atoms with Crippen molar-refractivity contribution in [1.82, 2.24) is 19.9 Å². The molecular formula is C18H25N5O. The molecule has 0 radical (unpaired) electrons. The Kier molecular flexibility index (Phi) is 6.66. The number of pyridine rings is 1. The Hall–Kier alpha value is -2.50. The fourth-order valence-corrected chi connectivity index (χ4v) is 2.47. The number of anilines is 1. The maximum atomic E-state index is 12.7. The number of carbonyl (C=O) groups excluding carboxylic acids is 1. The van der Waals surface area contributed by atoms with Crippen molar-refractivity contribution >= 4 is 11.7 Å². The van der Waals surface area contributed by atoms with Gasteiger partial charge in [-0.1, -0.05) is 19.9 Å². The van der Waals surface area contributed by atoms with Gasteiger partial charge in [-0.05, 0) is 31.9 Å². The van der Waals surface area contributed by atoms with Crippen molar-refractivity contribution in [3.05, 3.63) is 47.7 Å². The van der Waals surface area contributed by atoms with Gasteiger partial charge in [-0.25, -0.2) is 9.97 Å². The average Bonchev–Trinajstić information content (AvgIpc) is 2.59. The summed E-state index contributed by atoms with van der Waals surface area (Å²) in [6.45, 7) is 7.98. The normalized spacial score (nSPS) is 10.5. The zero-order chi connectivity index (χ0) is 17.4. The molecule has 0 aliphatic heterocycles. The van der Waals surface area contributed by atoms with Crippen molar-refractivity contribution in [2.75, 3.05) is 18.4 Å². The molecule has 1 N–H and O–H groups in total. The lowest BCUT2D eigenvalue weighted by molar-refractivity contribution is 0.0749. The summed E-state index contributed by atoms with van der Waals surface area (Å²) in [6.07, 6.45) is 3.62. The third kappa shape index (κ3) is 5.01. The summed E-state index contributed by atoms with van der Waals surface area (Å²) in [5.74, 6) is 1.19. The number of aryl methyl sites for hydroxylation is 1. The van der Waals surface area contributed by atoms with Crippen molar-refractivity contribution in [2.24, 2.45) is 0 Å². The van der Waals surface area contributed by atoms with E-state index in [0.29, 0.717) is 23.9 Å². The highest BCUT2D eigenvalue weighted by molar-refractivity contribution is 5.93. The minimum absolute atomic E-state index is 0.0370. The first kappa shape index (κ1) is 17.8. The van der Waals surface area contributed by atoms with Crippen LogP contribution in [0.5, 0.6) is 0 Å². The molecule has 0 unspecified atom stereocenters. The van der Waals surface area contributed by atoms with E-state index in [4.69, 9.17) is 0 Å². The molecule has 0 spiro atoms. The molecule has 0 aromatic carbocycles. The van der Waals surface area contributed by atoms with E-state index < -0.39 is 0 Å². The summed E-state index contributed by atoms with van der Waals surface area (Å²) in [5.41, 5.74) is 1.35. The number of nitrogens with zero attached hydrogens (tertiary/aromatic N) is 4. The molecule has 0 saturated carbocycles. The Morgan fingerprint density at radius 1 is 1.17 bits per heavy atom. The third-order valence-electron chi connectivity index (χ3n) is 3.51. The fraction of sp³-hybridized carbons (Fsp3) is 0.444. The first-order chi connectivity index (χ1) is 11.6. The van der Waals surface area contributed by atoms with Crippen LogP contribution in [-0.2, 0) is 6.54 Å². The molecule has 2 aromatic heterocycles. The van der Waals surface area contributed by atoms with Crippen molar-refractivity contribution in [3.8, 4) is 0 Å². The van der Waals surface area contributed by atoms with Gasteiger partial charge in [0.15, 0.2) is 0 Å². The molecule has 0 saturated heterocycles. The molecular weight excluding hydrogens is 302 g/mol. The van der Waals surface area contributed by atoms with Crippen LogP contribution in [0.25, 0.3) is 0 Å². The molecule has 2 aromatic rings. The fourth-order valence-electron chi connectivity index (χ4n) is 2.47. The molecule has 6 nitrogen and oxygen atoms in total. The highest BCUT2D eigenvalue weighted by atomic mass is 16.2. The smallest absolute Gasteiger partial charge is 0.272 e. The van der Waals surface area contributed by atoms with E-state index in [9.17, 15) is 4.79 Å². The van der Waals surface area contributed by atoms with Crippen LogP contribution in [0.15, 0.2) is 30.5 Å². The van der Waals surface area contributed by atoms with Crippen molar-refractivity contribution in [3.63, 3.8) is 0 Å². The average molecular weight is 327 g/mol. The van der Waals surface area contributed by atoms with Gasteiger partial charge in [-0.15, -0.1) is 0 Å². The summed E-state index contributed by atoms with van der Waals surface area (Å²) >= 11 is 0. The lowest BCUT2D eigenvalue weighted by Gasteiger charge is -2.21. The highest BCUT2D eigenvalue weighted by Gasteiger charge is 2.17. The summed E-state index contributed by atoms with van der Waals surface area (Å²) in [7, 11) is 0. The van der Waals surface area contributed by atoms with Gasteiger partial charge in [-0.3, -0.25) is 9.78 Å². The van der Waals surface area contributed by atoms with Crippen LogP contribution in [0.2, 0.25) is 0 Å². The zero-order valence-electron chi connectivity index (χ0n) is 14.6. The number of hydrogen-bond acceptors (Lipinski definition) is 5. The topological polar surface area (TPSA) is 71.0 Å². The molecule has 128 valence electrons. The first-order valence-electron chi connectivity index (χ1n) is 8.42. The van der Waals surface area contributed by atoms with Gasteiger partial charge in [0.1, 0.15) is 17.3 Å². The van der Waals surface area contributed by atoms with Crippen LogP contribution in [0, 0.1) is 6.92 Å². The zero-order valence-corrected chi connectivity index (χ0v) is 14.6. The summed E-state index contributed by atoms with van der Waals surface area (Å²) in [6, 6.07) is 7.48. The molecule has 2 heterocycles. The van der Waals surface area contributed by atoms with Crippen molar-refractivity contribution < 1.29 is 4.79 Å². The van der Waals surface area contributed by atoms with Crippen LogP contribution >= 0.6 is 0 Å². The molecule has 2 rings (SSSR count). The number of aromatic nitrogens is 3. The number of amides is 1. The Morgan fingerprint density at radius 2 is 1.92 bits per heavy atom. The van der Waals surface area contributed by atoms with Crippen LogP contribution in [0.4, 0.5) is 5.82 Å². The minimum Gasteiger partial charge on any atom is -0.364 e. The van der Waals surface area contributed by atoms with Gasteiger partial charge in [0.25, 0.3) is 5.91 Å². The van der Waals surface area contributed by atoms with Crippen LogP contribution < -0.4 is 5.32 Å². The Labute approximate surface area is 143 Å². The van der Waals surface area contributed by atoms with Gasteiger partial charge in [0, 0.05) is 25.4 Å².